The van der Waals surface area contributed by atoms with Gasteiger partial charge in [0.15, 0.2) is 0 Å². The molecule has 36 heavy (non-hydrogen) atoms. The Bertz CT molecular complexity index is 1280. The smallest absolute Gasteiger partial charge is 0.245 e. The summed E-state index contributed by atoms with van der Waals surface area (Å²) in [6.07, 6.45) is 7.43. The first-order valence-electron chi connectivity index (χ1n) is 12.6. The quantitative estimate of drug-likeness (QED) is 0.285. The molecule has 1 fully saturated rings. The third-order valence-electron chi connectivity index (χ3n) is 7.13. The zero-order valence-corrected chi connectivity index (χ0v) is 20.5. The Kier molecular flexibility index (Phi) is 7.18. The summed E-state index contributed by atoms with van der Waals surface area (Å²) in [6, 6.07) is 19.6. The van der Waals surface area contributed by atoms with Crippen LogP contribution in [0.3, 0.4) is 0 Å². The van der Waals surface area contributed by atoms with Crippen LogP contribution in [0.2, 0.25) is 0 Å². The van der Waals surface area contributed by atoms with Gasteiger partial charge >= 0.3 is 0 Å². The minimum atomic E-state index is -0.397. The molecule has 1 aliphatic rings. The Balaban J connectivity index is 1.33. The number of hydrogen-bond donors (Lipinski definition) is 4. The van der Waals surface area contributed by atoms with E-state index in [1.165, 1.54) is 0 Å². The minimum Gasteiger partial charge on any atom is -0.393 e. The van der Waals surface area contributed by atoms with E-state index in [9.17, 15) is 9.90 Å². The zero-order valence-electron chi connectivity index (χ0n) is 20.5. The fourth-order valence-electron chi connectivity index (χ4n) is 5.00. The lowest BCUT2D eigenvalue weighted by Crippen LogP contribution is -2.48. The molecule has 7 nitrogen and oxygen atoms in total. The number of piperidine rings is 1. The highest BCUT2D eigenvalue weighted by molar-refractivity contribution is 5.88. The summed E-state index contributed by atoms with van der Waals surface area (Å²) in [5.41, 5.74) is 5.02. The van der Waals surface area contributed by atoms with Crippen LogP contribution in [0.25, 0.3) is 10.9 Å². The van der Waals surface area contributed by atoms with Gasteiger partial charge in [-0.1, -0.05) is 18.2 Å². The zero-order chi connectivity index (χ0) is 24.9. The predicted octanol–water partition coefficient (Wildman–Crippen LogP) is 4.95. The summed E-state index contributed by atoms with van der Waals surface area (Å²) < 4.78 is 0. The molecule has 2 aromatic carbocycles. The molecule has 1 saturated heterocycles. The first-order valence-corrected chi connectivity index (χ1v) is 12.6. The third-order valence-corrected chi connectivity index (χ3v) is 7.13. The maximum Gasteiger partial charge on any atom is 0.245 e. The molecule has 0 aliphatic carbocycles. The van der Waals surface area contributed by atoms with E-state index in [2.05, 4.69) is 32.7 Å². The Hall–Kier alpha value is -3.84. The van der Waals surface area contributed by atoms with Crippen LogP contribution in [0.1, 0.15) is 25.3 Å². The van der Waals surface area contributed by atoms with Gasteiger partial charge in [-0.2, -0.15) is 0 Å². The number of nitrogens with one attached hydrogen (secondary N) is 3. The lowest BCUT2D eigenvalue weighted by atomic mass is 9.91. The number of aliphatic hydroxyl groups excluding tert-OH is 1. The molecule has 2 unspecified atom stereocenters. The number of para-hydroxylation sites is 1. The molecule has 3 heterocycles. The number of fused-ring (bicyclic) bond motifs is 1. The van der Waals surface area contributed by atoms with Gasteiger partial charge in [0.25, 0.3) is 0 Å². The van der Waals surface area contributed by atoms with Crippen LogP contribution >= 0.6 is 0 Å². The number of amides is 1. The molecular weight excluding hydrogens is 450 g/mol. The van der Waals surface area contributed by atoms with E-state index in [4.69, 9.17) is 0 Å². The molecule has 0 bridgehead atoms. The Morgan fingerprint density at radius 1 is 1.03 bits per heavy atom. The summed E-state index contributed by atoms with van der Waals surface area (Å²) in [7, 11) is 0. The van der Waals surface area contributed by atoms with E-state index in [0.717, 1.165) is 46.4 Å². The molecule has 4 N–H and O–H groups in total. The van der Waals surface area contributed by atoms with E-state index < -0.39 is 6.04 Å². The van der Waals surface area contributed by atoms with Gasteiger partial charge in [0.1, 0.15) is 6.04 Å². The van der Waals surface area contributed by atoms with E-state index in [0.29, 0.717) is 19.5 Å². The number of likely N-dealkylation sites (tertiary alicyclic amines) is 1. The molecule has 5 rings (SSSR count). The summed E-state index contributed by atoms with van der Waals surface area (Å²) in [5.74, 6) is 0.359. The maximum atomic E-state index is 13.7. The minimum absolute atomic E-state index is 0.100. The molecular formula is C29H33N5O2. The highest BCUT2D eigenvalue weighted by Crippen LogP contribution is 2.25. The van der Waals surface area contributed by atoms with Crippen LogP contribution in [-0.2, 0) is 11.2 Å². The van der Waals surface area contributed by atoms with Crippen molar-refractivity contribution in [2.24, 2.45) is 5.92 Å². The second-order valence-electron chi connectivity index (χ2n) is 9.60. The number of hydrogen-bond acceptors (Lipinski definition) is 5. The fourth-order valence-corrected chi connectivity index (χ4v) is 5.00. The Morgan fingerprint density at radius 3 is 2.42 bits per heavy atom. The Labute approximate surface area is 211 Å². The van der Waals surface area contributed by atoms with Crippen molar-refractivity contribution < 1.29 is 9.90 Å². The fraction of sp³-hybridized carbons (Fsp3) is 0.310. The van der Waals surface area contributed by atoms with Crippen molar-refractivity contribution in [1.82, 2.24) is 14.9 Å². The summed E-state index contributed by atoms with van der Waals surface area (Å²) in [6.45, 7) is 3.20. The average molecular weight is 484 g/mol. The molecule has 1 aliphatic heterocycles. The number of carbonyl (C=O) groups excluding carboxylic acids is 1. The van der Waals surface area contributed by atoms with Crippen molar-refractivity contribution in [3.05, 3.63) is 84.8 Å². The van der Waals surface area contributed by atoms with Gasteiger partial charge < -0.3 is 25.6 Å². The molecule has 0 radical (unpaired) electrons. The number of benzene rings is 2. The number of carbonyl (C=O) groups is 1. The first kappa shape index (κ1) is 23.9. The van der Waals surface area contributed by atoms with Gasteiger partial charge in [-0.15, -0.1) is 0 Å². The first-order chi connectivity index (χ1) is 17.6. The van der Waals surface area contributed by atoms with Crippen molar-refractivity contribution in [1.29, 1.82) is 0 Å². The van der Waals surface area contributed by atoms with E-state index in [-0.39, 0.29) is 17.9 Å². The van der Waals surface area contributed by atoms with Gasteiger partial charge in [-0.3, -0.25) is 9.78 Å². The number of nitrogens with zero attached hydrogens (tertiary/aromatic N) is 2. The monoisotopic (exact) mass is 483 g/mol. The summed E-state index contributed by atoms with van der Waals surface area (Å²) >= 11 is 0. The molecule has 0 saturated carbocycles. The van der Waals surface area contributed by atoms with Crippen LogP contribution in [0.15, 0.2) is 79.3 Å². The van der Waals surface area contributed by atoms with Gasteiger partial charge in [-0.05, 0) is 73.7 Å². The second-order valence-corrected chi connectivity index (χ2v) is 9.60. The standard InChI is InChI=1S/C29H33N5O2/c1-20(35)21-12-16-34(17-13-21)29(36)28(18-22-19-31-27-5-3-2-4-26(22)27)33-24-8-6-23(7-9-24)32-25-10-14-30-15-11-25/h2-11,14-15,19-21,28,31,33,35H,12-13,16-18H2,1H3,(H,30,32). The molecule has 1 amide bonds. The predicted molar refractivity (Wildman–Crippen MR) is 144 cm³/mol. The van der Waals surface area contributed by atoms with Gasteiger partial charge in [0.05, 0.1) is 6.10 Å². The highest BCUT2D eigenvalue weighted by Gasteiger charge is 2.30. The number of H-pyrrole nitrogens is 1. The Morgan fingerprint density at radius 2 is 1.69 bits per heavy atom. The molecule has 2 aromatic heterocycles. The number of rotatable bonds is 8. The highest BCUT2D eigenvalue weighted by atomic mass is 16.3. The lowest BCUT2D eigenvalue weighted by molar-refractivity contribution is -0.134. The lowest BCUT2D eigenvalue weighted by Gasteiger charge is -2.35. The van der Waals surface area contributed by atoms with Crippen molar-refractivity contribution in [2.75, 3.05) is 23.7 Å². The SMILES string of the molecule is CC(O)C1CCN(C(=O)C(Cc2c[nH]c3ccccc23)Nc2ccc(Nc3ccncc3)cc2)CC1. The van der Waals surface area contributed by atoms with E-state index >= 15 is 0 Å². The molecule has 0 spiro atoms. The van der Waals surface area contributed by atoms with Crippen molar-refractivity contribution in [3.8, 4) is 0 Å². The van der Waals surface area contributed by atoms with Crippen molar-refractivity contribution in [3.63, 3.8) is 0 Å². The van der Waals surface area contributed by atoms with Gasteiger partial charge in [-0.25, -0.2) is 0 Å². The van der Waals surface area contributed by atoms with Crippen LogP contribution in [0.5, 0.6) is 0 Å². The largest absolute Gasteiger partial charge is 0.393 e. The number of aromatic amines is 1. The molecule has 7 heteroatoms. The maximum absolute atomic E-state index is 13.7. The second kappa shape index (κ2) is 10.8. The van der Waals surface area contributed by atoms with Crippen LogP contribution < -0.4 is 10.6 Å². The normalized spacial score (nSPS) is 16.0. The number of aliphatic hydroxyl groups is 1. The van der Waals surface area contributed by atoms with Crippen molar-refractivity contribution in [2.45, 2.75) is 38.3 Å². The van der Waals surface area contributed by atoms with E-state index in [1.54, 1.807) is 12.4 Å². The van der Waals surface area contributed by atoms with Crippen molar-refractivity contribution >= 4 is 33.9 Å². The van der Waals surface area contributed by atoms with Crippen LogP contribution in [0.4, 0.5) is 17.1 Å². The third kappa shape index (κ3) is 5.52. The number of anilines is 3. The van der Waals surface area contributed by atoms with Crippen LogP contribution in [-0.4, -0.2) is 51.1 Å². The number of aromatic nitrogens is 2. The average Bonchev–Trinajstić information content (AvgIpc) is 3.32. The molecule has 2 atom stereocenters. The topological polar surface area (TPSA) is 93.3 Å². The summed E-state index contributed by atoms with van der Waals surface area (Å²) in [5, 5.41) is 18.0. The van der Waals surface area contributed by atoms with Gasteiger partial charge in [0.2, 0.25) is 5.91 Å². The summed E-state index contributed by atoms with van der Waals surface area (Å²) in [4.78, 5) is 23.1. The van der Waals surface area contributed by atoms with Crippen LogP contribution in [0, 0.1) is 5.92 Å². The molecule has 4 aromatic rings. The molecule has 186 valence electrons. The van der Waals surface area contributed by atoms with E-state index in [1.807, 2.05) is 66.6 Å². The van der Waals surface area contributed by atoms with Gasteiger partial charge in [0, 0.05) is 66.1 Å². The number of pyridine rings is 1.